The summed E-state index contributed by atoms with van der Waals surface area (Å²) in [6.45, 7) is 2.28. The van der Waals surface area contributed by atoms with Gasteiger partial charge in [0, 0.05) is 6.42 Å². The summed E-state index contributed by atoms with van der Waals surface area (Å²) >= 11 is 0. The van der Waals surface area contributed by atoms with E-state index in [1.165, 1.54) is 135 Å². The predicted molar refractivity (Wildman–Crippen MR) is 139 cm³/mol. The Morgan fingerprint density at radius 2 is 0.781 bits per heavy atom. The zero-order chi connectivity index (χ0) is 23.5. The molecule has 0 aromatic rings. The quantitative estimate of drug-likeness (QED) is 0.121. The van der Waals surface area contributed by atoms with Gasteiger partial charge in [0.05, 0.1) is 6.10 Å². The van der Waals surface area contributed by atoms with Gasteiger partial charge in [-0.15, -0.1) is 0 Å². The number of carboxylic acid groups (broad SMARTS) is 1. The molecule has 0 aliphatic rings. The van der Waals surface area contributed by atoms with E-state index in [2.05, 4.69) is 6.92 Å². The largest absolute Gasteiger partial charge is 0.481 e. The molecular formula is C29H58O3. The zero-order valence-electron chi connectivity index (χ0n) is 21.8. The van der Waals surface area contributed by atoms with Gasteiger partial charge >= 0.3 is 5.97 Å². The molecule has 0 aromatic heterocycles. The summed E-state index contributed by atoms with van der Waals surface area (Å²) in [5.41, 5.74) is 0. The summed E-state index contributed by atoms with van der Waals surface area (Å²) in [6, 6.07) is 0. The van der Waals surface area contributed by atoms with Crippen molar-refractivity contribution in [3.63, 3.8) is 0 Å². The van der Waals surface area contributed by atoms with Gasteiger partial charge in [-0.2, -0.15) is 0 Å². The van der Waals surface area contributed by atoms with Crippen molar-refractivity contribution in [3.05, 3.63) is 0 Å². The smallest absolute Gasteiger partial charge is 0.303 e. The zero-order valence-corrected chi connectivity index (χ0v) is 21.8. The summed E-state index contributed by atoms with van der Waals surface area (Å²) in [4.78, 5) is 10.4. The van der Waals surface area contributed by atoms with Gasteiger partial charge < -0.3 is 10.2 Å². The number of rotatable bonds is 27. The number of aliphatic carboxylic acids is 1. The van der Waals surface area contributed by atoms with Crippen LogP contribution in [0.5, 0.6) is 0 Å². The molecule has 1 unspecified atom stereocenters. The van der Waals surface area contributed by atoms with Gasteiger partial charge in [-0.25, -0.2) is 0 Å². The minimum atomic E-state index is -0.662. The van der Waals surface area contributed by atoms with Crippen molar-refractivity contribution in [3.8, 4) is 0 Å². The minimum absolute atomic E-state index is 0.0619. The number of carboxylic acids is 1. The van der Waals surface area contributed by atoms with Crippen LogP contribution >= 0.6 is 0 Å². The first-order chi connectivity index (χ1) is 15.7. The highest BCUT2D eigenvalue weighted by molar-refractivity contribution is 5.66. The molecule has 3 heteroatoms. The molecule has 192 valence electrons. The minimum Gasteiger partial charge on any atom is -0.481 e. The highest BCUT2D eigenvalue weighted by Gasteiger charge is 2.04. The molecular weight excluding hydrogens is 396 g/mol. The van der Waals surface area contributed by atoms with Gasteiger partial charge in [0.15, 0.2) is 0 Å². The molecule has 32 heavy (non-hydrogen) atoms. The summed E-state index contributed by atoms with van der Waals surface area (Å²) in [7, 11) is 0. The van der Waals surface area contributed by atoms with E-state index in [0.717, 1.165) is 25.7 Å². The molecule has 3 nitrogen and oxygen atoms in total. The Balaban J connectivity index is 3.14. The molecule has 0 saturated carbocycles. The van der Waals surface area contributed by atoms with Crippen LogP contribution in [0.25, 0.3) is 0 Å². The Morgan fingerprint density at radius 3 is 1.09 bits per heavy atom. The fraction of sp³-hybridized carbons (Fsp3) is 0.966. The Labute approximate surface area is 201 Å². The van der Waals surface area contributed by atoms with E-state index in [4.69, 9.17) is 5.11 Å². The normalized spacial score (nSPS) is 12.3. The van der Waals surface area contributed by atoms with E-state index in [0.29, 0.717) is 6.42 Å². The average molecular weight is 455 g/mol. The van der Waals surface area contributed by atoms with E-state index in [1.54, 1.807) is 0 Å². The maximum atomic E-state index is 10.4. The fourth-order valence-corrected chi connectivity index (χ4v) is 4.61. The van der Waals surface area contributed by atoms with Crippen molar-refractivity contribution >= 4 is 5.97 Å². The van der Waals surface area contributed by atoms with Crippen LogP contribution in [0.2, 0.25) is 0 Å². The predicted octanol–water partition coefficient (Wildman–Crippen LogP) is 9.59. The lowest BCUT2D eigenvalue weighted by Crippen LogP contribution is -2.05. The first-order valence-corrected chi connectivity index (χ1v) is 14.6. The van der Waals surface area contributed by atoms with E-state index in [1.807, 2.05) is 0 Å². The van der Waals surface area contributed by atoms with Crippen LogP contribution in [0.4, 0.5) is 0 Å². The lowest BCUT2D eigenvalue weighted by molar-refractivity contribution is -0.137. The number of hydrogen-bond donors (Lipinski definition) is 2. The van der Waals surface area contributed by atoms with E-state index in [9.17, 15) is 9.90 Å². The van der Waals surface area contributed by atoms with Crippen LogP contribution < -0.4 is 0 Å². The number of unbranched alkanes of at least 4 members (excludes halogenated alkanes) is 21. The second kappa shape index (κ2) is 26.7. The molecule has 0 aromatic carbocycles. The lowest BCUT2D eigenvalue weighted by atomic mass is 10.0. The van der Waals surface area contributed by atoms with Crippen molar-refractivity contribution in [2.24, 2.45) is 0 Å². The average Bonchev–Trinajstić information content (AvgIpc) is 2.77. The highest BCUT2D eigenvalue weighted by Crippen LogP contribution is 2.16. The maximum Gasteiger partial charge on any atom is 0.303 e. The van der Waals surface area contributed by atoms with Crippen LogP contribution in [-0.4, -0.2) is 22.3 Å². The topological polar surface area (TPSA) is 57.5 Å². The van der Waals surface area contributed by atoms with Gasteiger partial charge in [0.2, 0.25) is 0 Å². The van der Waals surface area contributed by atoms with Gasteiger partial charge in [-0.05, 0) is 19.3 Å². The van der Waals surface area contributed by atoms with Crippen LogP contribution in [0.15, 0.2) is 0 Å². The molecule has 2 N–H and O–H groups in total. The summed E-state index contributed by atoms with van der Waals surface area (Å²) < 4.78 is 0. The molecule has 0 saturated heterocycles. The van der Waals surface area contributed by atoms with Crippen molar-refractivity contribution < 1.29 is 15.0 Å². The second-order valence-electron chi connectivity index (χ2n) is 10.2. The van der Waals surface area contributed by atoms with Crippen molar-refractivity contribution in [2.45, 2.75) is 180 Å². The Kier molecular flexibility index (Phi) is 26.2. The molecule has 1 atom stereocenters. The molecule has 0 amide bonds. The molecule has 0 radical (unpaired) electrons. The van der Waals surface area contributed by atoms with Crippen LogP contribution in [-0.2, 0) is 4.79 Å². The van der Waals surface area contributed by atoms with Gasteiger partial charge in [0.1, 0.15) is 0 Å². The van der Waals surface area contributed by atoms with E-state index in [-0.39, 0.29) is 6.10 Å². The second-order valence-corrected chi connectivity index (χ2v) is 10.2. The summed E-state index contributed by atoms with van der Waals surface area (Å²) in [5.74, 6) is -0.662. The third-order valence-electron chi connectivity index (χ3n) is 6.82. The Hall–Kier alpha value is -0.570. The third-order valence-corrected chi connectivity index (χ3v) is 6.82. The van der Waals surface area contributed by atoms with Gasteiger partial charge in [0.25, 0.3) is 0 Å². The maximum absolute atomic E-state index is 10.4. The van der Waals surface area contributed by atoms with Crippen molar-refractivity contribution in [1.82, 2.24) is 0 Å². The standard InChI is InChI=1S/C29H58O3/c1-2-3-4-5-6-7-13-16-19-22-25-28(30)26-23-20-17-14-11-9-8-10-12-15-18-21-24-27-29(31)32/h28,30H,2-27H2,1H3,(H,31,32). The number of aliphatic hydroxyl groups excluding tert-OH is 1. The fourth-order valence-electron chi connectivity index (χ4n) is 4.61. The van der Waals surface area contributed by atoms with Crippen LogP contribution in [0.3, 0.4) is 0 Å². The molecule has 0 heterocycles. The molecule has 0 bridgehead atoms. The van der Waals surface area contributed by atoms with Crippen molar-refractivity contribution in [2.75, 3.05) is 0 Å². The summed E-state index contributed by atoms with van der Waals surface area (Å²) in [6.07, 6.45) is 32.2. The molecule has 0 spiro atoms. The van der Waals surface area contributed by atoms with E-state index >= 15 is 0 Å². The SMILES string of the molecule is CCCCCCCCCCCCC(O)CCCCCCCCCCCCCCCC(=O)O. The number of carbonyl (C=O) groups is 1. The number of aliphatic hydroxyl groups is 1. The Bertz CT molecular complexity index is 369. The first kappa shape index (κ1) is 31.4. The van der Waals surface area contributed by atoms with Crippen LogP contribution in [0.1, 0.15) is 174 Å². The van der Waals surface area contributed by atoms with Gasteiger partial charge in [-0.3, -0.25) is 4.79 Å². The molecule has 0 rings (SSSR count). The lowest BCUT2D eigenvalue weighted by Gasteiger charge is -2.10. The first-order valence-electron chi connectivity index (χ1n) is 14.6. The Morgan fingerprint density at radius 1 is 0.500 bits per heavy atom. The molecule has 0 fully saturated rings. The monoisotopic (exact) mass is 454 g/mol. The summed E-state index contributed by atoms with van der Waals surface area (Å²) in [5, 5.41) is 18.8. The molecule has 0 aliphatic carbocycles. The number of hydrogen-bond acceptors (Lipinski definition) is 2. The third kappa shape index (κ3) is 27.5. The van der Waals surface area contributed by atoms with Crippen LogP contribution in [0, 0.1) is 0 Å². The van der Waals surface area contributed by atoms with Crippen molar-refractivity contribution in [1.29, 1.82) is 0 Å². The van der Waals surface area contributed by atoms with E-state index < -0.39 is 5.97 Å². The molecule has 0 aliphatic heterocycles. The highest BCUT2D eigenvalue weighted by atomic mass is 16.4. The van der Waals surface area contributed by atoms with Gasteiger partial charge in [-0.1, -0.05) is 148 Å².